The van der Waals surface area contributed by atoms with E-state index in [1.54, 1.807) is 24.3 Å². The second-order valence-electron chi connectivity index (χ2n) is 3.16. The van der Waals surface area contributed by atoms with E-state index in [1.165, 1.54) is 6.33 Å². The first-order chi connectivity index (χ1) is 8.19. The van der Waals surface area contributed by atoms with E-state index in [-0.39, 0.29) is 0 Å². The SMILES string of the molecule is N#Cc1ccc(Nc2cc(Br)ncn2)c(Cl)c1. The fraction of sp³-hybridized carbons (Fsp3) is 0. The Morgan fingerprint density at radius 1 is 1.29 bits per heavy atom. The molecule has 0 amide bonds. The lowest BCUT2D eigenvalue weighted by Gasteiger charge is -2.07. The number of benzene rings is 1. The third-order valence-electron chi connectivity index (χ3n) is 1.99. The second-order valence-corrected chi connectivity index (χ2v) is 4.38. The van der Waals surface area contributed by atoms with Crippen LogP contribution >= 0.6 is 27.5 Å². The van der Waals surface area contributed by atoms with E-state index >= 15 is 0 Å². The van der Waals surface area contributed by atoms with Crippen molar-refractivity contribution in [2.45, 2.75) is 0 Å². The van der Waals surface area contributed by atoms with Gasteiger partial charge in [0.15, 0.2) is 0 Å². The highest BCUT2D eigenvalue weighted by Gasteiger charge is 2.03. The van der Waals surface area contributed by atoms with Gasteiger partial charge in [0.05, 0.1) is 22.3 Å². The average Bonchev–Trinajstić information content (AvgIpc) is 2.32. The van der Waals surface area contributed by atoms with Gasteiger partial charge in [-0.15, -0.1) is 0 Å². The largest absolute Gasteiger partial charge is 0.339 e. The molecule has 2 aromatic rings. The Bertz CT molecular complexity index is 594. The molecule has 0 fully saturated rings. The smallest absolute Gasteiger partial charge is 0.134 e. The Labute approximate surface area is 111 Å². The molecule has 2 rings (SSSR count). The Hall–Kier alpha value is -1.64. The van der Waals surface area contributed by atoms with Crippen molar-refractivity contribution in [2.75, 3.05) is 5.32 Å². The van der Waals surface area contributed by atoms with Crippen LogP contribution in [0, 0.1) is 11.3 Å². The minimum absolute atomic E-state index is 0.471. The van der Waals surface area contributed by atoms with Gasteiger partial charge < -0.3 is 5.32 Å². The molecule has 0 unspecified atom stereocenters. The van der Waals surface area contributed by atoms with Crippen LogP contribution in [0.5, 0.6) is 0 Å². The highest BCUT2D eigenvalue weighted by Crippen LogP contribution is 2.25. The number of aromatic nitrogens is 2. The number of hydrogen-bond acceptors (Lipinski definition) is 4. The lowest BCUT2D eigenvalue weighted by Crippen LogP contribution is -1.95. The predicted molar refractivity (Wildman–Crippen MR) is 69.2 cm³/mol. The molecule has 0 spiro atoms. The molecule has 1 heterocycles. The van der Waals surface area contributed by atoms with Crippen molar-refractivity contribution in [3.05, 3.63) is 45.8 Å². The van der Waals surface area contributed by atoms with E-state index in [2.05, 4.69) is 31.2 Å². The molecule has 4 nitrogen and oxygen atoms in total. The summed E-state index contributed by atoms with van der Waals surface area (Å²) in [6.45, 7) is 0. The second kappa shape index (κ2) is 5.13. The normalized spacial score (nSPS) is 9.71. The first-order valence-electron chi connectivity index (χ1n) is 4.63. The summed E-state index contributed by atoms with van der Waals surface area (Å²) in [7, 11) is 0. The van der Waals surface area contributed by atoms with Crippen LogP contribution in [0.2, 0.25) is 5.02 Å². The van der Waals surface area contributed by atoms with Gasteiger partial charge in [-0.25, -0.2) is 9.97 Å². The molecule has 1 N–H and O–H groups in total. The van der Waals surface area contributed by atoms with Gasteiger partial charge in [0.1, 0.15) is 16.7 Å². The van der Waals surface area contributed by atoms with Crippen molar-refractivity contribution in [3.8, 4) is 6.07 Å². The van der Waals surface area contributed by atoms with Crippen LogP contribution < -0.4 is 5.32 Å². The molecule has 0 aliphatic heterocycles. The molecule has 0 aliphatic carbocycles. The zero-order valence-electron chi connectivity index (χ0n) is 8.48. The minimum atomic E-state index is 0.471. The molecule has 1 aromatic heterocycles. The summed E-state index contributed by atoms with van der Waals surface area (Å²) in [6.07, 6.45) is 1.43. The molecule has 0 saturated heterocycles. The van der Waals surface area contributed by atoms with Crippen molar-refractivity contribution < 1.29 is 0 Å². The molecule has 84 valence electrons. The molecule has 0 atom stereocenters. The van der Waals surface area contributed by atoms with E-state index < -0.39 is 0 Å². The summed E-state index contributed by atoms with van der Waals surface area (Å²) in [5.74, 6) is 0.624. The number of rotatable bonds is 2. The maximum absolute atomic E-state index is 8.72. The predicted octanol–water partition coefficient (Wildman–Crippen LogP) is 3.51. The molecule has 0 bridgehead atoms. The van der Waals surface area contributed by atoms with Crippen molar-refractivity contribution in [2.24, 2.45) is 0 Å². The molecule has 0 radical (unpaired) electrons. The van der Waals surface area contributed by atoms with Crippen LogP contribution in [-0.4, -0.2) is 9.97 Å². The maximum Gasteiger partial charge on any atom is 0.134 e. The third kappa shape index (κ3) is 2.93. The van der Waals surface area contributed by atoms with E-state index in [0.29, 0.717) is 26.7 Å². The van der Waals surface area contributed by atoms with Crippen LogP contribution in [0.1, 0.15) is 5.56 Å². The Balaban J connectivity index is 2.28. The first kappa shape index (κ1) is 11.8. The molecule has 1 aromatic carbocycles. The molecular weight excluding hydrogens is 304 g/mol. The van der Waals surface area contributed by atoms with Gasteiger partial charge in [0.25, 0.3) is 0 Å². The van der Waals surface area contributed by atoms with Crippen LogP contribution in [-0.2, 0) is 0 Å². The lowest BCUT2D eigenvalue weighted by molar-refractivity contribution is 1.14. The monoisotopic (exact) mass is 308 g/mol. The standard InChI is InChI=1S/C11H6BrClN4/c12-10-4-11(16-6-15-10)17-9-2-1-7(5-14)3-8(9)13/h1-4,6H,(H,15,16,17). The van der Waals surface area contributed by atoms with E-state index in [0.717, 1.165) is 0 Å². The lowest BCUT2D eigenvalue weighted by atomic mass is 10.2. The number of hydrogen-bond donors (Lipinski definition) is 1. The number of halogens is 2. The Kier molecular flexibility index (Phi) is 3.57. The van der Waals surface area contributed by atoms with Crippen LogP contribution in [0.4, 0.5) is 11.5 Å². The van der Waals surface area contributed by atoms with E-state index in [1.807, 2.05) is 6.07 Å². The summed E-state index contributed by atoms with van der Waals surface area (Å²) < 4.78 is 0.680. The van der Waals surface area contributed by atoms with Crippen molar-refractivity contribution in [1.82, 2.24) is 9.97 Å². The zero-order valence-corrected chi connectivity index (χ0v) is 10.8. The molecular formula is C11H6BrClN4. The highest BCUT2D eigenvalue weighted by molar-refractivity contribution is 9.10. The third-order valence-corrected chi connectivity index (χ3v) is 2.74. The highest BCUT2D eigenvalue weighted by atomic mass is 79.9. The summed E-state index contributed by atoms with van der Waals surface area (Å²) in [5, 5.41) is 12.2. The number of nitrogens with zero attached hydrogens (tertiary/aromatic N) is 3. The average molecular weight is 310 g/mol. The van der Waals surface area contributed by atoms with Gasteiger partial charge in [0, 0.05) is 6.07 Å². The Morgan fingerprint density at radius 3 is 2.76 bits per heavy atom. The van der Waals surface area contributed by atoms with E-state index in [9.17, 15) is 0 Å². The number of anilines is 2. The fourth-order valence-corrected chi connectivity index (χ4v) is 1.76. The van der Waals surface area contributed by atoms with Gasteiger partial charge >= 0.3 is 0 Å². The van der Waals surface area contributed by atoms with Crippen molar-refractivity contribution in [1.29, 1.82) is 5.26 Å². The fourth-order valence-electron chi connectivity index (χ4n) is 1.23. The maximum atomic E-state index is 8.72. The number of nitrogens with one attached hydrogen (secondary N) is 1. The molecule has 6 heteroatoms. The van der Waals surface area contributed by atoms with Crippen molar-refractivity contribution in [3.63, 3.8) is 0 Å². The molecule has 17 heavy (non-hydrogen) atoms. The number of nitriles is 1. The van der Waals surface area contributed by atoms with Crippen LogP contribution in [0.15, 0.2) is 35.2 Å². The van der Waals surface area contributed by atoms with Gasteiger partial charge in [-0.3, -0.25) is 0 Å². The topological polar surface area (TPSA) is 61.6 Å². The van der Waals surface area contributed by atoms with Gasteiger partial charge in [-0.05, 0) is 34.1 Å². The summed E-state index contributed by atoms with van der Waals surface area (Å²) in [4.78, 5) is 7.96. The summed E-state index contributed by atoms with van der Waals surface area (Å²) in [6, 6.07) is 8.77. The Morgan fingerprint density at radius 2 is 2.12 bits per heavy atom. The van der Waals surface area contributed by atoms with Gasteiger partial charge in [0.2, 0.25) is 0 Å². The van der Waals surface area contributed by atoms with Gasteiger partial charge in [-0.2, -0.15) is 5.26 Å². The van der Waals surface area contributed by atoms with Crippen molar-refractivity contribution >= 4 is 39.0 Å². The van der Waals surface area contributed by atoms with Crippen LogP contribution in [0.25, 0.3) is 0 Å². The molecule has 0 saturated carbocycles. The molecule has 0 aliphatic rings. The minimum Gasteiger partial charge on any atom is -0.339 e. The summed E-state index contributed by atoms with van der Waals surface area (Å²) >= 11 is 9.28. The zero-order chi connectivity index (χ0) is 12.3. The summed E-state index contributed by atoms with van der Waals surface area (Å²) in [5.41, 5.74) is 1.21. The van der Waals surface area contributed by atoms with E-state index in [4.69, 9.17) is 16.9 Å². The van der Waals surface area contributed by atoms with Gasteiger partial charge in [-0.1, -0.05) is 11.6 Å². The van der Waals surface area contributed by atoms with Crippen LogP contribution in [0.3, 0.4) is 0 Å². The first-order valence-corrected chi connectivity index (χ1v) is 5.80. The quantitative estimate of drug-likeness (QED) is 0.862.